The van der Waals surface area contributed by atoms with Crippen LogP contribution in [0.15, 0.2) is 4.99 Å². The first kappa shape index (κ1) is 24.4. The summed E-state index contributed by atoms with van der Waals surface area (Å²) in [6.07, 6.45) is 5.76. The van der Waals surface area contributed by atoms with Gasteiger partial charge in [-0.3, -0.25) is 14.7 Å². The van der Waals surface area contributed by atoms with E-state index >= 15 is 0 Å². The molecular formula is C18H37IN4O2. The smallest absolute Gasteiger partial charge is 0.306 e. The fourth-order valence-electron chi connectivity index (χ4n) is 2.96. The number of nitrogens with zero attached hydrogens (tertiary/aromatic N) is 2. The molecule has 1 saturated heterocycles. The summed E-state index contributed by atoms with van der Waals surface area (Å²) >= 11 is 0. The van der Waals surface area contributed by atoms with E-state index in [2.05, 4.69) is 22.1 Å². The average molecular weight is 468 g/mol. The van der Waals surface area contributed by atoms with Gasteiger partial charge in [-0.2, -0.15) is 0 Å². The number of nitrogens with one attached hydrogen (secondary N) is 1. The number of nitrogens with two attached hydrogens (primary N) is 1. The van der Waals surface area contributed by atoms with Crippen molar-refractivity contribution in [1.29, 1.82) is 0 Å². The number of carbonyl (C=O) groups is 1. The Labute approximate surface area is 170 Å². The Morgan fingerprint density at radius 1 is 1.32 bits per heavy atom. The van der Waals surface area contributed by atoms with Crippen LogP contribution in [0, 0.1) is 0 Å². The van der Waals surface area contributed by atoms with Crippen molar-refractivity contribution in [1.82, 2.24) is 10.2 Å². The quantitative estimate of drug-likeness (QED) is 0.179. The van der Waals surface area contributed by atoms with Gasteiger partial charge in [0.25, 0.3) is 0 Å². The zero-order valence-corrected chi connectivity index (χ0v) is 18.7. The van der Waals surface area contributed by atoms with E-state index in [4.69, 9.17) is 10.5 Å². The van der Waals surface area contributed by atoms with E-state index < -0.39 is 5.60 Å². The predicted molar refractivity (Wildman–Crippen MR) is 114 cm³/mol. The molecule has 1 heterocycles. The fourth-order valence-corrected chi connectivity index (χ4v) is 2.96. The van der Waals surface area contributed by atoms with Gasteiger partial charge in [0.1, 0.15) is 5.60 Å². The average Bonchev–Trinajstić information content (AvgIpc) is 2.94. The highest BCUT2D eigenvalue weighted by atomic mass is 127. The molecule has 0 spiro atoms. The van der Waals surface area contributed by atoms with Crippen molar-refractivity contribution < 1.29 is 9.53 Å². The molecule has 0 aromatic rings. The van der Waals surface area contributed by atoms with Gasteiger partial charge in [0.15, 0.2) is 5.96 Å². The van der Waals surface area contributed by atoms with Gasteiger partial charge in [0.05, 0.1) is 6.54 Å². The minimum absolute atomic E-state index is 0. The van der Waals surface area contributed by atoms with E-state index in [9.17, 15) is 4.79 Å². The second-order valence-corrected chi connectivity index (χ2v) is 7.47. The second kappa shape index (κ2) is 12.7. The van der Waals surface area contributed by atoms with Gasteiger partial charge < -0.3 is 15.8 Å². The van der Waals surface area contributed by atoms with E-state index in [-0.39, 0.29) is 29.9 Å². The summed E-state index contributed by atoms with van der Waals surface area (Å²) in [6, 6.07) is 0.546. The largest absolute Gasteiger partial charge is 0.460 e. The number of rotatable bonds is 9. The van der Waals surface area contributed by atoms with Gasteiger partial charge in [-0.15, -0.1) is 24.0 Å². The van der Waals surface area contributed by atoms with Crippen molar-refractivity contribution in [3.8, 4) is 0 Å². The predicted octanol–water partition coefficient (Wildman–Crippen LogP) is 2.90. The minimum atomic E-state index is -0.393. The van der Waals surface area contributed by atoms with Crippen LogP contribution in [0.1, 0.15) is 66.2 Å². The lowest BCUT2D eigenvalue weighted by atomic mass is 10.1. The van der Waals surface area contributed by atoms with Crippen molar-refractivity contribution in [2.24, 2.45) is 10.7 Å². The Hall–Kier alpha value is -0.570. The summed E-state index contributed by atoms with van der Waals surface area (Å²) in [6.45, 7) is 11.7. The van der Waals surface area contributed by atoms with Gasteiger partial charge in [-0.25, -0.2) is 0 Å². The molecule has 0 aromatic carbocycles. The molecule has 1 fully saturated rings. The number of hydrogen-bond acceptors (Lipinski definition) is 4. The summed E-state index contributed by atoms with van der Waals surface area (Å²) in [5.41, 5.74) is 5.52. The molecule has 7 heteroatoms. The molecule has 1 atom stereocenters. The molecule has 6 nitrogen and oxygen atoms in total. The lowest BCUT2D eigenvalue weighted by molar-refractivity contribution is -0.154. The Balaban J connectivity index is 0.00000576. The number of unbranched alkanes of at least 4 members (excludes halogenated alkanes) is 2. The topological polar surface area (TPSA) is 80.0 Å². The highest BCUT2D eigenvalue weighted by Crippen LogP contribution is 2.16. The molecule has 1 rings (SSSR count). The molecule has 1 unspecified atom stereocenters. The summed E-state index contributed by atoms with van der Waals surface area (Å²) in [5.74, 6) is 0.415. The fraction of sp³-hybridized carbons (Fsp3) is 0.889. The third kappa shape index (κ3) is 11.6. The van der Waals surface area contributed by atoms with Crippen LogP contribution in [0.2, 0.25) is 0 Å². The molecule has 3 N–H and O–H groups in total. The first-order valence-electron chi connectivity index (χ1n) is 9.31. The molecule has 0 radical (unpaired) electrons. The number of aliphatic imine (C=N–C) groups is 1. The number of guanidine groups is 1. The SMILES string of the molecule is CCN1CCCC1CN=C(N)NCCCCCC(=O)OC(C)(C)C.I. The first-order chi connectivity index (χ1) is 11.3. The third-order valence-corrected chi connectivity index (χ3v) is 4.16. The van der Waals surface area contributed by atoms with Crippen LogP contribution >= 0.6 is 24.0 Å². The normalized spacial score (nSPS) is 18.7. The molecule has 0 aromatic heterocycles. The van der Waals surface area contributed by atoms with Gasteiger partial charge in [0, 0.05) is 19.0 Å². The Morgan fingerprint density at radius 3 is 2.68 bits per heavy atom. The van der Waals surface area contributed by atoms with E-state index in [1.54, 1.807) is 0 Å². The van der Waals surface area contributed by atoms with Crippen LogP contribution in [-0.4, -0.2) is 54.7 Å². The molecule has 0 aliphatic carbocycles. The minimum Gasteiger partial charge on any atom is -0.460 e. The second-order valence-electron chi connectivity index (χ2n) is 7.47. The number of esters is 1. The Kier molecular flexibility index (Phi) is 12.4. The number of ether oxygens (including phenoxy) is 1. The summed E-state index contributed by atoms with van der Waals surface area (Å²) < 4.78 is 5.28. The maximum atomic E-state index is 11.6. The van der Waals surface area contributed by atoms with Gasteiger partial charge in [-0.1, -0.05) is 13.3 Å². The molecule has 0 saturated carbocycles. The van der Waals surface area contributed by atoms with Gasteiger partial charge >= 0.3 is 5.97 Å². The highest BCUT2D eigenvalue weighted by Gasteiger charge is 2.22. The molecule has 1 aliphatic rings. The number of carbonyl (C=O) groups excluding carboxylic acids is 1. The monoisotopic (exact) mass is 468 g/mol. The highest BCUT2D eigenvalue weighted by molar-refractivity contribution is 14.0. The summed E-state index contributed by atoms with van der Waals surface area (Å²) in [7, 11) is 0. The van der Waals surface area contributed by atoms with E-state index in [0.29, 0.717) is 18.4 Å². The number of likely N-dealkylation sites (tertiary alicyclic amines) is 1. The summed E-state index contributed by atoms with van der Waals surface area (Å²) in [4.78, 5) is 18.5. The van der Waals surface area contributed by atoms with Crippen LogP contribution in [0.5, 0.6) is 0 Å². The maximum absolute atomic E-state index is 11.6. The van der Waals surface area contributed by atoms with Crippen LogP contribution in [0.25, 0.3) is 0 Å². The van der Waals surface area contributed by atoms with Crippen molar-refractivity contribution in [2.75, 3.05) is 26.2 Å². The van der Waals surface area contributed by atoms with Crippen molar-refractivity contribution in [3.05, 3.63) is 0 Å². The maximum Gasteiger partial charge on any atom is 0.306 e. The van der Waals surface area contributed by atoms with Crippen molar-refractivity contribution in [2.45, 2.75) is 77.9 Å². The lowest BCUT2D eigenvalue weighted by Crippen LogP contribution is -2.36. The standard InChI is InChI=1S/C18H36N4O2.HI/c1-5-22-13-9-10-15(22)14-21-17(19)20-12-8-6-7-11-16(23)24-18(2,3)4;/h15H,5-14H2,1-4H3,(H3,19,20,21);1H. The Morgan fingerprint density at radius 2 is 2.04 bits per heavy atom. The zero-order chi connectivity index (χ0) is 18.0. The molecule has 148 valence electrons. The third-order valence-electron chi connectivity index (χ3n) is 4.16. The van der Waals surface area contributed by atoms with Gasteiger partial charge in [0.2, 0.25) is 0 Å². The van der Waals surface area contributed by atoms with E-state index in [0.717, 1.165) is 38.9 Å². The van der Waals surface area contributed by atoms with Gasteiger partial charge in [-0.05, 0) is 59.5 Å². The summed E-state index contributed by atoms with van der Waals surface area (Å²) in [5, 5.41) is 3.16. The lowest BCUT2D eigenvalue weighted by Gasteiger charge is -2.21. The molecule has 25 heavy (non-hydrogen) atoms. The van der Waals surface area contributed by atoms with Crippen LogP contribution in [-0.2, 0) is 9.53 Å². The van der Waals surface area contributed by atoms with Crippen molar-refractivity contribution >= 4 is 35.9 Å². The van der Waals surface area contributed by atoms with Crippen LogP contribution in [0.3, 0.4) is 0 Å². The number of hydrogen-bond donors (Lipinski definition) is 2. The molecule has 0 amide bonds. The molecule has 1 aliphatic heterocycles. The zero-order valence-electron chi connectivity index (χ0n) is 16.3. The number of halogens is 1. The van der Waals surface area contributed by atoms with Crippen LogP contribution in [0.4, 0.5) is 0 Å². The van der Waals surface area contributed by atoms with Crippen LogP contribution < -0.4 is 11.1 Å². The number of likely N-dealkylation sites (N-methyl/N-ethyl adjacent to an activating group) is 1. The molecular weight excluding hydrogens is 431 g/mol. The molecule has 0 bridgehead atoms. The van der Waals surface area contributed by atoms with E-state index in [1.165, 1.54) is 19.4 Å². The van der Waals surface area contributed by atoms with E-state index in [1.807, 2.05) is 20.8 Å². The first-order valence-corrected chi connectivity index (χ1v) is 9.31. The Bertz CT molecular complexity index is 410. The van der Waals surface area contributed by atoms with Crippen molar-refractivity contribution in [3.63, 3.8) is 0 Å².